The van der Waals surface area contributed by atoms with Crippen LogP contribution in [-0.2, 0) is 9.59 Å². The zero-order valence-electron chi connectivity index (χ0n) is 22.8. The summed E-state index contributed by atoms with van der Waals surface area (Å²) in [7, 11) is -1.04. The molecular formula is C30H55O2P. The fourth-order valence-electron chi connectivity index (χ4n) is 5.40. The van der Waals surface area contributed by atoms with Gasteiger partial charge < -0.3 is 0 Å². The van der Waals surface area contributed by atoms with Gasteiger partial charge in [0.05, 0.1) is 0 Å². The molecule has 0 atom stereocenters. The van der Waals surface area contributed by atoms with Gasteiger partial charge in [0.2, 0.25) is 0 Å². The Labute approximate surface area is 206 Å². The summed E-state index contributed by atoms with van der Waals surface area (Å²) in [6.07, 6.45) is 27.6. The van der Waals surface area contributed by atoms with Crippen LogP contribution in [0.15, 0.2) is 22.8 Å². The second kappa shape index (κ2) is 17.7. The topological polar surface area (TPSA) is 34.1 Å². The van der Waals surface area contributed by atoms with Crippen molar-refractivity contribution in [3.8, 4) is 0 Å². The molecule has 0 bridgehead atoms. The Morgan fingerprint density at radius 2 is 1.00 bits per heavy atom. The van der Waals surface area contributed by atoms with Crippen LogP contribution in [0.1, 0.15) is 131 Å². The number of carbonyl (C=O) groups is 2. The summed E-state index contributed by atoms with van der Waals surface area (Å²) in [5.74, 6) is 0.108. The van der Waals surface area contributed by atoms with Crippen molar-refractivity contribution in [2.24, 2.45) is 0 Å². The van der Waals surface area contributed by atoms with Gasteiger partial charge in [-0.25, -0.2) is 0 Å². The molecule has 0 aliphatic heterocycles. The third-order valence-corrected chi connectivity index (χ3v) is 13.6. The van der Waals surface area contributed by atoms with Gasteiger partial charge in [0, 0.05) is 11.1 Å². The minimum atomic E-state index is -1.04. The smallest absolute Gasteiger partial charge is 0.290 e. The number of rotatable bonds is 20. The average molecular weight is 479 g/mol. The van der Waals surface area contributed by atoms with Gasteiger partial charge in [-0.15, -0.1) is 0 Å². The first-order chi connectivity index (χ1) is 15.9. The fraction of sp³-hybridized carbons (Fsp3) is 0.800. The maximum atomic E-state index is 12.3. The molecule has 1 aliphatic rings. The van der Waals surface area contributed by atoms with E-state index < -0.39 is 7.26 Å². The molecule has 0 spiro atoms. The van der Waals surface area contributed by atoms with Gasteiger partial charge in [0.25, 0.3) is 0 Å². The SMILES string of the molecule is CCCC[PH](CCCC)(CCCC)CCCCCCCCCCC1=CC(=O)C(C)=C(C)C1=O. The van der Waals surface area contributed by atoms with E-state index in [-0.39, 0.29) is 11.6 Å². The van der Waals surface area contributed by atoms with Gasteiger partial charge in [-0.1, -0.05) is 0 Å². The molecule has 0 N–H and O–H groups in total. The summed E-state index contributed by atoms with van der Waals surface area (Å²) in [4.78, 5) is 24.3. The van der Waals surface area contributed by atoms with Crippen LogP contribution in [0.4, 0.5) is 0 Å². The molecule has 0 fully saturated rings. The number of Topliss-reactive ketones (excluding diaryl/α,β-unsaturated/α-hetero) is 1. The molecule has 2 nitrogen and oxygen atoms in total. The standard InChI is InChI=1S/C30H55O2P/c1-6-9-21-33(22-10-7-2,23-11-8-3)24-19-17-15-13-12-14-16-18-20-28-25-29(31)26(4)27(5)30(28)32/h25,33H,6-24H2,1-5H3. The van der Waals surface area contributed by atoms with E-state index in [2.05, 4.69) is 20.8 Å². The minimum Gasteiger partial charge on any atom is -0.290 e. The van der Waals surface area contributed by atoms with Crippen LogP contribution in [0, 0.1) is 0 Å². The number of hydrogen-bond donors (Lipinski definition) is 0. The summed E-state index contributed by atoms with van der Waals surface area (Å²) in [6, 6.07) is 0. The van der Waals surface area contributed by atoms with Crippen LogP contribution in [0.5, 0.6) is 0 Å². The summed E-state index contributed by atoms with van der Waals surface area (Å²) in [5, 5.41) is 0. The molecule has 33 heavy (non-hydrogen) atoms. The molecule has 1 aliphatic carbocycles. The van der Waals surface area contributed by atoms with Crippen molar-refractivity contribution in [3.05, 3.63) is 22.8 Å². The normalized spacial score (nSPS) is 15.4. The van der Waals surface area contributed by atoms with E-state index in [1.807, 2.05) is 0 Å². The van der Waals surface area contributed by atoms with Crippen LogP contribution in [0.2, 0.25) is 0 Å². The quantitative estimate of drug-likeness (QED) is 0.0993. The van der Waals surface area contributed by atoms with Gasteiger partial charge in [-0.3, -0.25) is 9.59 Å². The minimum absolute atomic E-state index is 0.0215. The second-order valence-electron chi connectivity index (χ2n) is 10.8. The Balaban J connectivity index is 2.22. The Bertz CT molecular complexity index is 622. The average Bonchev–Trinajstić information content (AvgIpc) is 2.82. The molecule has 0 aromatic heterocycles. The predicted molar refractivity (Wildman–Crippen MR) is 151 cm³/mol. The van der Waals surface area contributed by atoms with E-state index >= 15 is 0 Å². The number of unbranched alkanes of at least 4 members (excludes halogenated alkanes) is 10. The van der Waals surface area contributed by atoms with E-state index in [1.54, 1.807) is 44.6 Å². The molecular weight excluding hydrogens is 423 g/mol. The molecule has 192 valence electrons. The van der Waals surface area contributed by atoms with Crippen LogP contribution < -0.4 is 0 Å². The van der Waals surface area contributed by atoms with E-state index in [0.29, 0.717) is 11.1 Å². The maximum absolute atomic E-state index is 12.3. The summed E-state index contributed by atoms with van der Waals surface area (Å²) >= 11 is 0. The van der Waals surface area contributed by atoms with Gasteiger partial charge in [-0.2, -0.15) is 0 Å². The molecule has 0 radical (unpaired) electrons. The molecule has 1 rings (SSSR count). The Kier molecular flexibility index (Phi) is 16.2. The van der Waals surface area contributed by atoms with E-state index in [0.717, 1.165) is 18.4 Å². The van der Waals surface area contributed by atoms with Crippen molar-refractivity contribution in [1.82, 2.24) is 0 Å². The van der Waals surface area contributed by atoms with E-state index in [9.17, 15) is 9.59 Å². The zero-order valence-corrected chi connectivity index (χ0v) is 23.8. The number of ketones is 2. The number of allylic oxidation sites excluding steroid dienone is 4. The molecule has 0 unspecified atom stereocenters. The third kappa shape index (κ3) is 11.5. The van der Waals surface area contributed by atoms with Gasteiger partial charge >= 0.3 is 166 Å². The van der Waals surface area contributed by atoms with Crippen molar-refractivity contribution in [2.45, 2.75) is 131 Å². The first kappa shape index (κ1) is 30.3. The first-order valence-corrected chi connectivity index (χ1v) is 17.2. The second-order valence-corrected chi connectivity index (χ2v) is 15.8. The molecule has 0 aromatic rings. The van der Waals surface area contributed by atoms with E-state index in [4.69, 9.17) is 0 Å². The summed E-state index contributed by atoms with van der Waals surface area (Å²) in [5.41, 5.74) is 1.98. The van der Waals surface area contributed by atoms with Gasteiger partial charge in [0.15, 0.2) is 5.78 Å². The molecule has 0 amide bonds. The molecule has 0 saturated carbocycles. The van der Waals surface area contributed by atoms with Crippen molar-refractivity contribution in [1.29, 1.82) is 0 Å². The monoisotopic (exact) mass is 478 g/mol. The Morgan fingerprint density at radius 1 is 0.576 bits per heavy atom. The van der Waals surface area contributed by atoms with Crippen molar-refractivity contribution in [2.75, 3.05) is 24.6 Å². The van der Waals surface area contributed by atoms with E-state index in [1.165, 1.54) is 83.5 Å². The summed E-state index contributed by atoms with van der Waals surface area (Å²) < 4.78 is 0. The van der Waals surface area contributed by atoms with Crippen LogP contribution in [0.25, 0.3) is 0 Å². The van der Waals surface area contributed by atoms with Crippen molar-refractivity contribution in [3.63, 3.8) is 0 Å². The van der Waals surface area contributed by atoms with Crippen LogP contribution in [0.3, 0.4) is 0 Å². The Morgan fingerprint density at radius 3 is 1.48 bits per heavy atom. The molecule has 3 heteroatoms. The van der Waals surface area contributed by atoms with Crippen molar-refractivity contribution >= 4 is 18.8 Å². The summed E-state index contributed by atoms with van der Waals surface area (Å²) in [6.45, 7) is 10.6. The number of hydrogen-bond acceptors (Lipinski definition) is 2. The predicted octanol–water partition coefficient (Wildman–Crippen LogP) is 9.06. The molecule has 0 heterocycles. The van der Waals surface area contributed by atoms with Crippen LogP contribution in [-0.4, -0.2) is 36.2 Å². The fourth-order valence-corrected chi connectivity index (χ4v) is 11.2. The third-order valence-electron chi connectivity index (χ3n) is 7.95. The first-order valence-electron chi connectivity index (χ1n) is 14.4. The zero-order chi connectivity index (χ0) is 24.5. The Hall–Kier alpha value is -0.750. The van der Waals surface area contributed by atoms with Gasteiger partial charge in [0.1, 0.15) is 0 Å². The molecule has 0 aromatic carbocycles. The van der Waals surface area contributed by atoms with Crippen molar-refractivity contribution < 1.29 is 9.59 Å². The van der Waals surface area contributed by atoms with Crippen LogP contribution >= 0.6 is 7.26 Å². The van der Waals surface area contributed by atoms with Gasteiger partial charge in [-0.05, 0) is 13.8 Å². The number of carbonyl (C=O) groups excluding carboxylic acids is 2. The molecule has 0 saturated heterocycles.